The number of halogens is 1. The van der Waals surface area contributed by atoms with Crippen molar-refractivity contribution in [2.45, 2.75) is 33.1 Å². The molecule has 0 atom stereocenters. The molecule has 6 aromatic rings. The highest BCUT2D eigenvalue weighted by Crippen LogP contribution is 2.35. The van der Waals surface area contributed by atoms with Gasteiger partial charge in [0.1, 0.15) is 11.5 Å². The van der Waals surface area contributed by atoms with Crippen LogP contribution in [0.2, 0.25) is 0 Å². The predicted molar refractivity (Wildman–Crippen MR) is 163 cm³/mol. The fraction of sp³-hybridized carbons (Fsp3) is 0.235. The molecule has 40 heavy (non-hydrogen) atoms. The van der Waals surface area contributed by atoms with Gasteiger partial charge in [0.15, 0.2) is 0 Å². The van der Waals surface area contributed by atoms with Crippen molar-refractivity contribution in [2.75, 3.05) is 19.6 Å². The molecule has 0 unspecified atom stereocenters. The summed E-state index contributed by atoms with van der Waals surface area (Å²) in [6.45, 7) is 8.19. The van der Waals surface area contributed by atoms with E-state index < -0.39 is 0 Å². The summed E-state index contributed by atoms with van der Waals surface area (Å²) in [5.41, 5.74) is 8.69. The first-order valence-electron chi connectivity index (χ1n) is 14.1. The molecule has 4 heterocycles. The second-order valence-corrected chi connectivity index (χ2v) is 10.6. The number of fused-ring (bicyclic) bond motifs is 2. The van der Waals surface area contributed by atoms with Gasteiger partial charge in [-0.2, -0.15) is 5.10 Å². The Morgan fingerprint density at radius 3 is 2.42 bits per heavy atom. The van der Waals surface area contributed by atoms with Crippen molar-refractivity contribution in [1.82, 2.24) is 25.1 Å². The van der Waals surface area contributed by atoms with Crippen molar-refractivity contribution < 1.29 is 4.39 Å². The first kappa shape index (κ1) is 26.0. The summed E-state index contributed by atoms with van der Waals surface area (Å²) < 4.78 is 14.1. The van der Waals surface area contributed by atoms with E-state index in [1.54, 1.807) is 24.5 Å². The number of aryl methyl sites for hydroxylation is 1. The Kier molecular flexibility index (Phi) is 7.43. The number of benzene rings is 3. The summed E-state index contributed by atoms with van der Waals surface area (Å²) in [6.07, 6.45) is 7.77. The maximum atomic E-state index is 14.1. The zero-order valence-electron chi connectivity index (χ0n) is 23.0. The van der Waals surface area contributed by atoms with Crippen LogP contribution in [0.5, 0.6) is 0 Å². The van der Waals surface area contributed by atoms with Crippen molar-refractivity contribution in [3.8, 4) is 33.6 Å². The van der Waals surface area contributed by atoms with Gasteiger partial charge in [-0.25, -0.2) is 4.39 Å². The van der Waals surface area contributed by atoms with Crippen LogP contribution in [0.1, 0.15) is 31.7 Å². The summed E-state index contributed by atoms with van der Waals surface area (Å²) in [4.78, 5) is 10.2. The number of rotatable bonds is 5. The van der Waals surface area contributed by atoms with E-state index in [0.29, 0.717) is 0 Å². The van der Waals surface area contributed by atoms with E-state index in [9.17, 15) is 4.39 Å². The van der Waals surface area contributed by atoms with E-state index in [1.165, 1.54) is 38.9 Å². The minimum absolute atomic E-state index is 0.227. The van der Waals surface area contributed by atoms with Crippen LogP contribution in [-0.4, -0.2) is 44.7 Å². The Morgan fingerprint density at radius 1 is 0.825 bits per heavy atom. The number of hydrogen-bond acceptors (Lipinski definition) is 3. The highest BCUT2D eigenvalue weighted by Gasteiger charge is 2.15. The molecule has 7 rings (SSSR count). The summed E-state index contributed by atoms with van der Waals surface area (Å²) >= 11 is 0. The quantitative estimate of drug-likeness (QED) is 0.235. The highest BCUT2D eigenvalue weighted by atomic mass is 19.1. The Morgan fingerprint density at radius 2 is 1.65 bits per heavy atom. The molecule has 6 heteroatoms. The van der Waals surface area contributed by atoms with Crippen LogP contribution in [0, 0.1) is 12.7 Å². The van der Waals surface area contributed by atoms with Crippen molar-refractivity contribution >= 4 is 21.8 Å². The smallest absolute Gasteiger partial charge is 0.124 e. The number of hydrogen-bond donors (Lipinski definition) is 2. The predicted octanol–water partition coefficient (Wildman–Crippen LogP) is 8.38. The lowest BCUT2D eigenvalue weighted by molar-refractivity contribution is 0.339. The van der Waals surface area contributed by atoms with Crippen LogP contribution in [0.15, 0.2) is 85.2 Å². The van der Waals surface area contributed by atoms with Gasteiger partial charge in [-0.1, -0.05) is 31.2 Å². The molecule has 0 amide bonds. The highest BCUT2D eigenvalue weighted by molar-refractivity contribution is 6.01. The molecular weight excluding hydrogens is 497 g/mol. The summed E-state index contributed by atoms with van der Waals surface area (Å²) in [5, 5.41) is 9.81. The number of H-pyrrole nitrogens is 2. The largest absolute Gasteiger partial charge is 0.353 e. The number of aromatic nitrogens is 4. The molecule has 3 aromatic carbocycles. The first-order chi connectivity index (χ1) is 19.6. The van der Waals surface area contributed by atoms with Crippen LogP contribution in [0.3, 0.4) is 0 Å². The van der Waals surface area contributed by atoms with Crippen LogP contribution in [-0.2, 0) is 0 Å². The van der Waals surface area contributed by atoms with E-state index >= 15 is 0 Å². The zero-order chi connectivity index (χ0) is 27.5. The van der Waals surface area contributed by atoms with E-state index in [0.717, 1.165) is 61.0 Å². The Bertz CT molecular complexity index is 1720. The molecule has 1 saturated heterocycles. The van der Waals surface area contributed by atoms with Gasteiger partial charge in [-0.3, -0.25) is 10.1 Å². The van der Waals surface area contributed by atoms with Gasteiger partial charge >= 0.3 is 0 Å². The fourth-order valence-electron chi connectivity index (χ4n) is 5.69. The second kappa shape index (κ2) is 11.4. The van der Waals surface area contributed by atoms with Crippen LogP contribution in [0.4, 0.5) is 4.39 Å². The SMILES string of the molecule is CCCN1CCCC1.Cc1cc(F)cc(-c2cccc3[nH]c(-c4n[nH]c5ccc(-c6ccncc6)cc45)cc23)c1. The number of nitrogens with zero attached hydrogens (tertiary/aromatic N) is 3. The molecule has 202 valence electrons. The average molecular weight is 532 g/mol. The van der Waals surface area contributed by atoms with Crippen molar-refractivity contribution in [3.63, 3.8) is 0 Å². The average Bonchev–Trinajstić information content (AvgIpc) is 3.72. The van der Waals surface area contributed by atoms with Crippen molar-refractivity contribution in [2.24, 2.45) is 0 Å². The number of pyridine rings is 1. The molecule has 0 saturated carbocycles. The lowest BCUT2D eigenvalue weighted by Gasteiger charge is -2.11. The van der Waals surface area contributed by atoms with E-state index in [1.807, 2.05) is 49.4 Å². The molecule has 1 aliphatic heterocycles. The van der Waals surface area contributed by atoms with Crippen LogP contribution in [0.25, 0.3) is 55.4 Å². The number of likely N-dealkylation sites (tertiary alicyclic amines) is 1. The van der Waals surface area contributed by atoms with Gasteiger partial charge in [-0.05, 0) is 122 Å². The Labute approximate surface area is 234 Å². The van der Waals surface area contributed by atoms with Crippen LogP contribution < -0.4 is 0 Å². The lowest BCUT2D eigenvalue weighted by Crippen LogP contribution is -2.19. The summed E-state index contributed by atoms with van der Waals surface area (Å²) in [7, 11) is 0. The standard InChI is InChI=1S/C27H19FN4.C7H15N/c1-16-11-19(13-20(28)12-16)21-3-2-4-24-22(21)15-26(30-24)27-23-14-18(5-6-25(23)31-32-27)17-7-9-29-10-8-17;1-2-5-8-6-3-4-7-8/h2-15,30H,1H3,(H,31,32);2-7H2,1H3. The second-order valence-electron chi connectivity index (χ2n) is 10.6. The molecule has 1 aliphatic rings. The molecule has 2 N–H and O–H groups in total. The van der Waals surface area contributed by atoms with Gasteiger partial charge in [0.2, 0.25) is 0 Å². The molecule has 0 aliphatic carbocycles. The first-order valence-corrected chi connectivity index (χ1v) is 14.1. The fourth-order valence-corrected chi connectivity index (χ4v) is 5.69. The third-order valence-corrected chi connectivity index (χ3v) is 7.59. The molecular formula is C34H34FN5. The minimum atomic E-state index is -0.227. The van der Waals surface area contributed by atoms with E-state index in [4.69, 9.17) is 0 Å². The summed E-state index contributed by atoms with van der Waals surface area (Å²) in [5.74, 6) is -0.227. The number of nitrogens with one attached hydrogen (secondary N) is 2. The minimum Gasteiger partial charge on any atom is -0.353 e. The van der Waals surface area contributed by atoms with Gasteiger partial charge in [0, 0.05) is 28.7 Å². The van der Waals surface area contributed by atoms with Crippen molar-refractivity contribution in [3.05, 3.63) is 96.6 Å². The Hall–Kier alpha value is -4.29. The van der Waals surface area contributed by atoms with Crippen molar-refractivity contribution in [1.29, 1.82) is 0 Å². The molecule has 0 bridgehead atoms. The summed E-state index contributed by atoms with van der Waals surface area (Å²) in [6, 6.07) is 23.5. The third-order valence-electron chi connectivity index (χ3n) is 7.59. The maximum Gasteiger partial charge on any atom is 0.124 e. The van der Waals surface area contributed by atoms with E-state index in [-0.39, 0.29) is 5.82 Å². The number of aromatic amines is 2. The molecule has 1 fully saturated rings. The normalized spacial score (nSPS) is 13.6. The van der Waals surface area contributed by atoms with Gasteiger partial charge in [0.05, 0.1) is 11.2 Å². The molecule has 3 aromatic heterocycles. The van der Waals surface area contributed by atoms with E-state index in [2.05, 4.69) is 50.2 Å². The van der Waals surface area contributed by atoms with Gasteiger partial charge < -0.3 is 9.88 Å². The topological polar surface area (TPSA) is 60.6 Å². The zero-order valence-corrected chi connectivity index (χ0v) is 23.0. The lowest BCUT2D eigenvalue weighted by atomic mass is 9.99. The third kappa shape index (κ3) is 5.40. The van der Waals surface area contributed by atoms with Crippen LogP contribution >= 0.6 is 0 Å². The Balaban J connectivity index is 0.000000313. The van der Waals surface area contributed by atoms with Gasteiger partial charge in [-0.15, -0.1) is 0 Å². The molecule has 0 spiro atoms. The van der Waals surface area contributed by atoms with Gasteiger partial charge in [0.25, 0.3) is 0 Å². The maximum absolute atomic E-state index is 14.1. The molecule has 0 radical (unpaired) electrons. The monoisotopic (exact) mass is 531 g/mol. The molecule has 5 nitrogen and oxygen atoms in total.